The predicted octanol–water partition coefficient (Wildman–Crippen LogP) is 3.94. The number of benzene rings is 2. The molecular formula is C22H30N2O3S. The van der Waals surface area contributed by atoms with Gasteiger partial charge in [0.15, 0.2) is 0 Å². The molecule has 2 aromatic carbocycles. The van der Waals surface area contributed by atoms with E-state index >= 15 is 0 Å². The van der Waals surface area contributed by atoms with Gasteiger partial charge in [0.05, 0.1) is 4.90 Å². The number of unbranched alkanes of at least 4 members (excludes halogenated alkanes) is 3. The molecule has 1 amide bonds. The molecular weight excluding hydrogens is 372 g/mol. The number of fused-ring (bicyclic) bond motifs is 1. The van der Waals surface area contributed by atoms with Crippen LogP contribution in [0.3, 0.4) is 0 Å². The lowest BCUT2D eigenvalue weighted by molar-refractivity contribution is -0.126. The van der Waals surface area contributed by atoms with E-state index in [1.165, 1.54) is 17.1 Å². The largest absolute Gasteiger partial charge is 0.356 e. The minimum absolute atomic E-state index is 0.0688. The summed E-state index contributed by atoms with van der Waals surface area (Å²) in [6.45, 7) is 3.67. The lowest BCUT2D eigenvalue weighted by Gasteiger charge is -2.30. The summed E-state index contributed by atoms with van der Waals surface area (Å²) in [5.41, 5.74) is 0. The number of hydrogen-bond acceptors (Lipinski definition) is 3. The highest BCUT2D eigenvalue weighted by Gasteiger charge is 2.32. The van der Waals surface area contributed by atoms with Gasteiger partial charge in [0.1, 0.15) is 0 Å². The van der Waals surface area contributed by atoms with Gasteiger partial charge in [0.25, 0.3) is 0 Å². The van der Waals surface area contributed by atoms with Crippen molar-refractivity contribution >= 4 is 26.7 Å². The summed E-state index contributed by atoms with van der Waals surface area (Å²) >= 11 is 0. The van der Waals surface area contributed by atoms with Gasteiger partial charge >= 0.3 is 0 Å². The van der Waals surface area contributed by atoms with E-state index < -0.39 is 10.0 Å². The number of amides is 1. The third-order valence-corrected chi connectivity index (χ3v) is 7.41. The van der Waals surface area contributed by atoms with Crippen molar-refractivity contribution in [3.63, 3.8) is 0 Å². The molecule has 0 unspecified atom stereocenters. The highest BCUT2D eigenvalue weighted by molar-refractivity contribution is 7.89. The van der Waals surface area contributed by atoms with Crippen LogP contribution in [-0.2, 0) is 14.8 Å². The molecule has 0 aliphatic carbocycles. The number of nitrogens with one attached hydrogen (secondary N) is 1. The molecule has 0 bridgehead atoms. The van der Waals surface area contributed by atoms with Gasteiger partial charge in [-0.25, -0.2) is 8.42 Å². The second-order valence-electron chi connectivity index (χ2n) is 7.54. The Morgan fingerprint density at radius 1 is 1.04 bits per heavy atom. The molecule has 28 heavy (non-hydrogen) atoms. The highest BCUT2D eigenvalue weighted by atomic mass is 32.2. The topological polar surface area (TPSA) is 66.5 Å². The average molecular weight is 403 g/mol. The Kier molecular flexibility index (Phi) is 7.08. The lowest BCUT2D eigenvalue weighted by atomic mass is 9.97. The van der Waals surface area contributed by atoms with Crippen molar-refractivity contribution in [2.45, 2.75) is 50.3 Å². The first-order chi connectivity index (χ1) is 13.5. The van der Waals surface area contributed by atoms with Gasteiger partial charge in [-0.05, 0) is 42.2 Å². The third-order valence-electron chi connectivity index (χ3n) is 5.51. The molecule has 1 aliphatic heterocycles. The quantitative estimate of drug-likeness (QED) is 0.680. The molecule has 3 rings (SSSR count). The first kappa shape index (κ1) is 20.8. The molecule has 2 aromatic rings. The van der Waals surface area contributed by atoms with Crippen molar-refractivity contribution in [3.8, 4) is 0 Å². The Morgan fingerprint density at radius 3 is 2.46 bits per heavy atom. The SMILES string of the molecule is CCCCCCNC(=O)C1CCN(S(=O)(=O)c2ccc3ccccc3c2)CC1. The van der Waals surface area contributed by atoms with Gasteiger partial charge in [0.2, 0.25) is 15.9 Å². The fraction of sp³-hybridized carbons (Fsp3) is 0.500. The number of piperidine rings is 1. The zero-order valence-corrected chi connectivity index (χ0v) is 17.4. The van der Waals surface area contributed by atoms with Gasteiger partial charge in [-0.3, -0.25) is 4.79 Å². The number of nitrogens with zero attached hydrogens (tertiary/aromatic N) is 1. The van der Waals surface area contributed by atoms with Crippen molar-refractivity contribution < 1.29 is 13.2 Å². The van der Waals surface area contributed by atoms with E-state index in [0.717, 1.165) is 23.6 Å². The molecule has 1 fully saturated rings. The fourth-order valence-corrected chi connectivity index (χ4v) is 5.25. The maximum Gasteiger partial charge on any atom is 0.243 e. The Bertz CT molecular complexity index is 903. The second-order valence-corrected chi connectivity index (χ2v) is 9.48. The Hall–Kier alpha value is -1.92. The van der Waals surface area contributed by atoms with Crippen molar-refractivity contribution in [1.29, 1.82) is 0 Å². The number of sulfonamides is 1. The number of carbonyl (C=O) groups is 1. The predicted molar refractivity (Wildman–Crippen MR) is 113 cm³/mol. The first-order valence-corrected chi connectivity index (χ1v) is 11.7. The number of rotatable bonds is 8. The van der Waals surface area contributed by atoms with E-state index in [1.807, 2.05) is 30.3 Å². The van der Waals surface area contributed by atoms with Crippen molar-refractivity contribution in [3.05, 3.63) is 42.5 Å². The van der Waals surface area contributed by atoms with Crippen LogP contribution in [0.1, 0.15) is 45.4 Å². The van der Waals surface area contributed by atoms with Crippen LogP contribution in [0.15, 0.2) is 47.4 Å². The minimum Gasteiger partial charge on any atom is -0.356 e. The number of hydrogen-bond donors (Lipinski definition) is 1. The molecule has 1 saturated heterocycles. The van der Waals surface area contributed by atoms with Crippen molar-refractivity contribution in [2.24, 2.45) is 5.92 Å². The summed E-state index contributed by atoms with van der Waals surface area (Å²) in [5, 5.41) is 4.95. The Balaban J connectivity index is 1.56. The molecule has 1 aliphatic rings. The Morgan fingerprint density at radius 2 is 1.75 bits per heavy atom. The van der Waals surface area contributed by atoms with Crippen LogP contribution in [0.25, 0.3) is 10.8 Å². The van der Waals surface area contributed by atoms with Crippen LogP contribution in [-0.4, -0.2) is 38.3 Å². The van der Waals surface area contributed by atoms with E-state index in [1.54, 1.807) is 12.1 Å². The minimum atomic E-state index is -3.53. The monoisotopic (exact) mass is 402 g/mol. The molecule has 0 spiro atoms. The zero-order valence-electron chi connectivity index (χ0n) is 16.6. The summed E-state index contributed by atoms with van der Waals surface area (Å²) in [6.07, 6.45) is 5.67. The van der Waals surface area contributed by atoms with Gasteiger partial charge in [-0.1, -0.05) is 56.5 Å². The summed E-state index contributed by atoms with van der Waals surface area (Å²) in [7, 11) is -3.53. The van der Waals surface area contributed by atoms with Gasteiger partial charge < -0.3 is 5.32 Å². The van der Waals surface area contributed by atoms with Crippen LogP contribution in [0.4, 0.5) is 0 Å². The Labute approximate surface area is 168 Å². The van der Waals surface area contributed by atoms with Crippen molar-refractivity contribution in [2.75, 3.05) is 19.6 Å². The maximum atomic E-state index is 13.0. The van der Waals surface area contributed by atoms with E-state index in [4.69, 9.17) is 0 Å². The van der Waals surface area contributed by atoms with E-state index in [9.17, 15) is 13.2 Å². The van der Waals surface area contributed by atoms with Crippen LogP contribution in [0.5, 0.6) is 0 Å². The molecule has 0 atom stereocenters. The van der Waals surface area contributed by atoms with E-state index in [-0.39, 0.29) is 11.8 Å². The van der Waals surface area contributed by atoms with E-state index in [2.05, 4.69) is 12.2 Å². The van der Waals surface area contributed by atoms with Gasteiger partial charge in [0, 0.05) is 25.6 Å². The van der Waals surface area contributed by atoms with E-state index in [0.29, 0.717) is 37.4 Å². The van der Waals surface area contributed by atoms with Gasteiger partial charge in [-0.2, -0.15) is 4.31 Å². The molecule has 0 saturated carbocycles. The number of carbonyl (C=O) groups excluding carboxylic acids is 1. The molecule has 152 valence electrons. The fourth-order valence-electron chi connectivity index (χ4n) is 3.74. The summed E-state index contributed by atoms with van der Waals surface area (Å²) in [5.74, 6) is -0.0199. The zero-order chi connectivity index (χ0) is 20.0. The maximum absolute atomic E-state index is 13.0. The normalized spacial score (nSPS) is 16.3. The molecule has 0 radical (unpaired) electrons. The average Bonchev–Trinajstić information content (AvgIpc) is 2.73. The molecule has 1 N–H and O–H groups in total. The second kappa shape index (κ2) is 9.52. The molecule has 6 heteroatoms. The third kappa shape index (κ3) is 4.92. The summed E-state index contributed by atoms with van der Waals surface area (Å²) < 4.78 is 27.5. The summed E-state index contributed by atoms with van der Waals surface area (Å²) in [6, 6.07) is 13.0. The van der Waals surface area contributed by atoms with Gasteiger partial charge in [-0.15, -0.1) is 0 Å². The van der Waals surface area contributed by atoms with Crippen LogP contribution in [0, 0.1) is 5.92 Å². The smallest absolute Gasteiger partial charge is 0.243 e. The first-order valence-electron chi connectivity index (χ1n) is 10.3. The van der Waals surface area contributed by atoms with Crippen LogP contribution < -0.4 is 5.32 Å². The highest BCUT2D eigenvalue weighted by Crippen LogP contribution is 2.26. The summed E-state index contributed by atoms with van der Waals surface area (Å²) in [4.78, 5) is 12.6. The molecule has 5 nitrogen and oxygen atoms in total. The standard InChI is InChI=1S/C22H30N2O3S/c1-2-3-4-7-14-23-22(25)19-12-15-24(16-13-19)28(26,27)21-11-10-18-8-5-6-9-20(18)17-21/h5-6,8-11,17,19H,2-4,7,12-16H2,1H3,(H,23,25). The lowest BCUT2D eigenvalue weighted by Crippen LogP contribution is -2.43. The van der Waals surface area contributed by atoms with Crippen LogP contribution in [0.2, 0.25) is 0 Å². The van der Waals surface area contributed by atoms with Crippen molar-refractivity contribution in [1.82, 2.24) is 9.62 Å². The molecule has 1 heterocycles. The molecule has 0 aromatic heterocycles. The van der Waals surface area contributed by atoms with Crippen LogP contribution >= 0.6 is 0 Å².